The van der Waals surface area contributed by atoms with Crippen LogP contribution in [0.1, 0.15) is 31.6 Å². The largest absolute Gasteiger partial charge is 0.377 e. The van der Waals surface area contributed by atoms with E-state index in [1.54, 1.807) is 11.3 Å². The third-order valence-electron chi connectivity index (χ3n) is 3.36. The molecule has 0 saturated heterocycles. The summed E-state index contributed by atoms with van der Waals surface area (Å²) in [6.07, 6.45) is 4.01. The zero-order valence-electron chi connectivity index (χ0n) is 11.1. The summed E-state index contributed by atoms with van der Waals surface area (Å²) in [6.45, 7) is 6.03. The molecule has 18 heavy (non-hydrogen) atoms. The normalized spacial score (nSPS) is 18.8. The lowest BCUT2D eigenvalue weighted by Crippen LogP contribution is -2.44. The Morgan fingerprint density at radius 2 is 2.22 bits per heavy atom. The van der Waals surface area contributed by atoms with Gasteiger partial charge in [-0.15, -0.1) is 11.3 Å². The lowest BCUT2D eigenvalue weighted by Gasteiger charge is -2.27. The molecule has 1 fully saturated rings. The van der Waals surface area contributed by atoms with Gasteiger partial charge in [-0.1, -0.05) is 18.5 Å². The molecule has 1 saturated carbocycles. The average Bonchev–Trinajstić information content (AvgIpc) is 3.10. The molecule has 1 aliphatic carbocycles. The van der Waals surface area contributed by atoms with Crippen LogP contribution in [0, 0.1) is 5.92 Å². The highest BCUT2D eigenvalue weighted by Crippen LogP contribution is 2.37. The highest BCUT2D eigenvalue weighted by Gasteiger charge is 2.37. The molecule has 2 atom stereocenters. The third-order valence-corrected chi connectivity index (χ3v) is 4.61. The molecule has 0 aromatic carbocycles. The maximum absolute atomic E-state index is 6.00. The van der Waals surface area contributed by atoms with Crippen LogP contribution in [0.15, 0.2) is 12.1 Å². The van der Waals surface area contributed by atoms with Crippen molar-refractivity contribution in [2.75, 3.05) is 13.2 Å². The second-order valence-corrected chi connectivity index (χ2v) is 6.63. The van der Waals surface area contributed by atoms with Gasteiger partial charge in [0.25, 0.3) is 0 Å². The molecule has 0 bridgehead atoms. The summed E-state index contributed by atoms with van der Waals surface area (Å²) in [7, 11) is 0. The Morgan fingerprint density at radius 3 is 2.72 bits per heavy atom. The van der Waals surface area contributed by atoms with Gasteiger partial charge in [0, 0.05) is 17.5 Å². The summed E-state index contributed by atoms with van der Waals surface area (Å²) in [4.78, 5) is 1.34. The van der Waals surface area contributed by atoms with Gasteiger partial charge in [0.2, 0.25) is 0 Å². The van der Waals surface area contributed by atoms with Crippen LogP contribution in [0.4, 0.5) is 0 Å². The Hall–Kier alpha value is -0.0900. The van der Waals surface area contributed by atoms with Crippen molar-refractivity contribution < 1.29 is 4.74 Å². The maximum atomic E-state index is 6.00. The first-order valence-electron chi connectivity index (χ1n) is 6.83. The van der Waals surface area contributed by atoms with E-state index in [1.165, 1.54) is 17.7 Å². The Kier molecular flexibility index (Phi) is 5.49. The molecule has 2 unspecified atom stereocenters. The SMILES string of the molecule is CCNC(Cc1ccc(Cl)s1)C(OCC)C1CC1. The van der Waals surface area contributed by atoms with Crippen molar-refractivity contribution in [2.45, 2.75) is 45.3 Å². The number of halogens is 1. The van der Waals surface area contributed by atoms with Crippen LogP contribution in [-0.4, -0.2) is 25.3 Å². The maximum Gasteiger partial charge on any atom is 0.0931 e. The summed E-state index contributed by atoms with van der Waals surface area (Å²) >= 11 is 7.68. The highest BCUT2D eigenvalue weighted by molar-refractivity contribution is 7.16. The molecule has 1 N–H and O–H groups in total. The van der Waals surface area contributed by atoms with E-state index in [9.17, 15) is 0 Å². The molecule has 0 spiro atoms. The molecule has 2 nitrogen and oxygen atoms in total. The Bertz CT molecular complexity index is 364. The van der Waals surface area contributed by atoms with Crippen molar-refractivity contribution in [3.63, 3.8) is 0 Å². The van der Waals surface area contributed by atoms with Crippen LogP contribution in [0.2, 0.25) is 4.34 Å². The predicted molar refractivity (Wildman–Crippen MR) is 78.6 cm³/mol. The van der Waals surface area contributed by atoms with E-state index in [1.807, 2.05) is 6.07 Å². The summed E-state index contributed by atoms with van der Waals surface area (Å²) in [5.74, 6) is 0.754. The Morgan fingerprint density at radius 1 is 1.44 bits per heavy atom. The predicted octanol–water partition coefficient (Wildman–Crippen LogP) is 3.74. The van der Waals surface area contributed by atoms with Crippen molar-refractivity contribution in [2.24, 2.45) is 5.92 Å². The van der Waals surface area contributed by atoms with Gasteiger partial charge in [0.1, 0.15) is 0 Å². The molecule has 1 heterocycles. The smallest absolute Gasteiger partial charge is 0.0931 e. The van der Waals surface area contributed by atoms with Crippen LogP contribution in [0.3, 0.4) is 0 Å². The zero-order valence-corrected chi connectivity index (χ0v) is 12.7. The van der Waals surface area contributed by atoms with Gasteiger partial charge in [-0.25, -0.2) is 0 Å². The number of hydrogen-bond acceptors (Lipinski definition) is 3. The number of hydrogen-bond donors (Lipinski definition) is 1. The summed E-state index contributed by atoms with van der Waals surface area (Å²) in [5, 5.41) is 3.59. The Balaban J connectivity index is 2.00. The molecule has 0 amide bonds. The van der Waals surface area contributed by atoms with Gasteiger partial charge in [0.05, 0.1) is 10.4 Å². The van der Waals surface area contributed by atoms with E-state index in [4.69, 9.17) is 16.3 Å². The Labute approximate surface area is 119 Å². The van der Waals surface area contributed by atoms with Crippen LogP contribution in [0.5, 0.6) is 0 Å². The molecular weight excluding hydrogens is 266 g/mol. The minimum atomic E-state index is 0.357. The van der Waals surface area contributed by atoms with Crippen molar-refractivity contribution in [1.29, 1.82) is 0 Å². The second-order valence-electron chi connectivity index (χ2n) is 4.83. The lowest BCUT2D eigenvalue weighted by atomic mass is 10.0. The summed E-state index contributed by atoms with van der Waals surface area (Å²) < 4.78 is 6.84. The van der Waals surface area contributed by atoms with Crippen LogP contribution >= 0.6 is 22.9 Å². The van der Waals surface area contributed by atoms with Crippen molar-refractivity contribution in [3.05, 3.63) is 21.3 Å². The van der Waals surface area contributed by atoms with Crippen LogP contribution < -0.4 is 5.32 Å². The van der Waals surface area contributed by atoms with E-state index in [0.717, 1.165) is 29.8 Å². The van der Waals surface area contributed by atoms with Crippen molar-refractivity contribution >= 4 is 22.9 Å². The minimum Gasteiger partial charge on any atom is -0.377 e. The topological polar surface area (TPSA) is 21.3 Å². The number of ether oxygens (including phenoxy) is 1. The van der Waals surface area contributed by atoms with E-state index >= 15 is 0 Å². The molecule has 2 rings (SSSR count). The molecule has 1 aliphatic rings. The summed E-state index contributed by atoms with van der Waals surface area (Å²) in [6, 6.07) is 4.53. The van der Waals surface area contributed by atoms with Crippen LogP contribution in [0.25, 0.3) is 0 Å². The van der Waals surface area contributed by atoms with Crippen molar-refractivity contribution in [1.82, 2.24) is 5.32 Å². The lowest BCUT2D eigenvalue weighted by molar-refractivity contribution is 0.0198. The van der Waals surface area contributed by atoms with E-state index in [2.05, 4.69) is 25.2 Å². The van der Waals surface area contributed by atoms with E-state index in [0.29, 0.717) is 12.1 Å². The highest BCUT2D eigenvalue weighted by atomic mass is 35.5. The average molecular weight is 288 g/mol. The molecule has 4 heteroatoms. The number of rotatable bonds is 8. The number of likely N-dealkylation sites (N-methyl/N-ethyl adjacent to an activating group) is 1. The first kappa shape index (κ1) is 14.3. The van der Waals surface area contributed by atoms with Gasteiger partial charge in [-0.3, -0.25) is 0 Å². The first-order chi connectivity index (χ1) is 8.74. The van der Waals surface area contributed by atoms with Gasteiger partial charge in [0.15, 0.2) is 0 Å². The van der Waals surface area contributed by atoms with Gasteiger partial charge in [-0.2, -0.15) is 0 Å². The second kappa shape index (κ2) is 6.90. The number of nitrogens with one attached hydrogen (secondary N) is 1. The standard InChI is InChI=1S/C14H22ClNOS/c1-3-16-12(9-11-7-8-13(15)18-11)14(17-4-2)10-5-6-10/h7-8,10,12,14,16H,3-6,9H2,1-2H3. The molecule has 0 radical (unpaired) electrons. The van der Waals surface area contributed by atoms with Gasteiger partial charge < -0.3 is 10.1 Å². The quantitative estimate of drug-likeness (QED) is 0.786. The van der Waals surface area contributed by atoms with Crippen molar-refractivity contribution in [3.8, 4) is 0 Å². The monoisotopic (exact) mass is 287 g/mol. The van der Waals surface area contributed by atoms with Gasteiger partial charge in [-0.05, 0) is 50.8 Å². The molecule has 102 valence electrons. The number of thiophene rings is 1. The fraction of sp³-hybridized carbons (Fsp3) is 0.714. The minimum absolute atomic E-state index is 0.357. The van der Waals surface area contributed by atoms with E-state index < -0.39 is 0 Å². The molecular formula is C14H22ClNOS. The zero-order chi connectivity index (χ0) is 13.0. The molecule has 1 aromatic heterocycles. The third kappa shape index (κ3) is 3.95. The fourth-order valence-electron chi connectivity index (χ4n) is 2.44. The molecule has 0 aliphatic heterocycles. The summed E-state index contributed by atoms with van der Waals surface area (Å²) in [5.41, 5.74) is 0. The van der Waals surface area contributed by atoms with Crippen LogP contribution in [-0.2, 0) is 11.2 Å². The molecule has 1 aromatic rings. The fourth-order valence-corrected chi connectivity index (χ4v) is 3.59. The van der Waals surface area contributed by atoms with Gasteiger partial charge >= 0.3 is 0 Å². The van der Waals surface area contributed by atoms with E-state index in [-0.39, 0.29) is 0 Å². The first-order valence-corrected chi connectivity index (χ1v) is 8.03.